The quantitative estimate of drug-likeness (QED) is 0.853. The second kappa shape index (κ2) is 6.49. The molecule has 0 radical (unpaired) electrons. The Morgan fingerprint density at radius 1 is 1.00 bits per heavy atom. The van der Waals surface area contributed by atoms with Gasteiger partial charge in [0, 0.05) is 4.47 Å². The Morgan fingerprint density at radius 2 is 1.62 bits per heavy atom. The van der Waals surface area contributed by atoms with Crippen LogP contribution in [0.3, 0.4) is 0 Å². The highest BCUT2D eigenvalue weighted by Crippen LogP contribution is 2.35. The van der Waals surface area contributed by atoms with E-state index in [0.717, 1.165) is 10.5 Å². The standard InChI is InChI=1S/C15H13BrF3NO/c16-11-2-5-12(6-3-11)21-13-4-1-10(7-8-20)14(9-13)15(17,18)19/h1-6,9H,7-8,20H2. The third-order valence-corrected chi connectivity index (χ3v) is 3.38. The predicted octanol–water partition coefficient (Wildman–Crippen LogP) is 4.76. The molecular weight excluding hydrogens is 347 g/mol. The summed E-state index contributed by atoms with van der Waals surface area (Å²) in [6, 6.07) is 10.8. The first-order valence-electron chi connectivity index (χ1n) is 6.24. The van der Waals surface area contributed by atoms with Gasteiger partial charge in [0.15, 0.2) is 0 Å². The van der Waals surface area contributed by atoms with Gasteiger partial charge in [-0.25, -0.2) is 0 Å². The molecule has 0 spiro atoms. The molecule has 0 heterocycles. The maximum Gasteiger partial charge on any atom is 0.416 e. The van der Waals surface area contributed by atoms with Crippen molar-refractivity contribution in [3.63, 3.8) is 0 Å². The molecule has 112 valence electrons. The number of halogens is 4. The number of hydrogen-bond donors (Lipinski definition) is 1. The summed E-state index contributed by atoms with van der Waals surface area (Å²) < 4.78 is 45.4. The van der Waals surface area contributed by atoms with E-state index < -0.39 is 11.7 Å². The van der Waals surface area contributed by atoms with Crippen LogP contribution in [0.1, 0.15) is 11.1 Å². The summed E-state index contributed by atoms with van der Waals surface area (Å²) in [7, 11) is 0. The molecule has 0 unspecified atom stereocenters. The Bertz CT molecular complexity index is 611. The Morgan fingerprint density at radius 3 is 2.19 bits per heavy atom. The zero-order valence-corrected chi connectivity index (χ0v) is 12.5. The fourth-order valence-electron chi connectivity index (χ4n) is 1.90. The minimum Gasteiger partial charge on any atom is -0.457 e. The minimum atomic E-state index is -4.43. The number of hydrogen-bond acceptors (Lipinski definition) is 2. The lowest BCUT2D eigenvalue weighted by Gasteiger charge is -2.14. The molecule has 0 saturated carbocycles. The van der Waals surface area contributed by atoms with E-state index in [1.807, 2.05) is 0 Å². The van der Waals surface area contributed by atoms with Crippen LogP contribution in [0.2, 0.25) is 0 Å². The predicted molar refractivity (Wildman–Crippen MR) is 78.4 cm³/mol. The van der Waals surface area contributed by atoms with E-state index in [1.54, 1.807) is 24.3 Å². The van der Waals surface area contributed by atoms with Gasteiger partial charge in [-0.05, 0) is 54.9 Å². The van der Waals surface area contributed by atoms with Crippen molar-refractivity contribution in [2.24, 2.45) is 5.73 Å². The molecule has 0 aliphatic heterocycles. The van der Waals surface area contributed by atoms with E-state index in [2.05, 4.69) is 15.9 Å². The monoisotopic (exact) mass is 359 g/mol. The lowest BCUT2D eigenvalue weighted by Crippen LogP contribution is -2.12. The van der Waals surface area contributed by atoms with E-state index >= 15 is 0 Å². The molecule has 0 aliphatic rings. The molecule has 2 rings (SSSR count). The van der Waals surface area contributed by atoms with E-state index in [-0.39, 0.29) is 24.3 Å². The van der Waals surface area contributed by atoms with E-state index in [9.17, 15) is 13.2 Å². The van der Waals surface area contributed by atoms with Crippen molar-refractivity contribution in [2.75, 3.05) is 6.54 Å². The summed E-state index contributed by atoms with van der Waals surface area (Å²) in [5.41, 5.74) is 4.81. The second-order valence-corrected chi connectivity index (χ2v) is 5.33. The first-order chi connectivity index (χ1) is 9.90. The van der Waals surface area contributed by atoms with Crippen molar-refractivity contribution in [1.82, 2.24) is 0 Å². The van der Waals surface area contributed by atoms with Gasteiger partial charge in [0.1, 0.15) is 11.5 Å². The molecule has 2 N–H and O–H groups in total. The van der Waals surface area contributed by atoms with Crippen LogP contribution in [-0.2, 0) is 12.6 Å². The molecule has 6 heteroatoms. The summed E-state index contributed by atoms with van der Waals surface area (Å²) in [5.74, 6) is 0.614. The molecule has 0 saturated heterocycles. The van der Waals surface area contributed by atoms with E-state index in [1.165, 1.54) is 12.1 Å². The van der Waals surface area contributed by atoms with Gasteiger partial charge in [0.2, 0.25) is 0 Å². The highest BCUT2D eigenvalue weighted by atomic mass is 79.9. The van der Waals surface area contributed by atoms with E-state index in [0.29, 0.717) is 5.75 Å². The largest absolute Gasteiger partial charge is 0.457 e. The SMILES string of the molecule is NCCc1ccc(Oc2ccc(Br)cc2)cc1C(F)(F)F. The van der Waals surface area contributed by atoms with Gasteiger partial charge < -0.3 is 10.5 Å². The molecule has 0 atom stereocenters. The topological polar surface area (TPSA) is 35.2 Å². The fourth-order valence-corrected chi connectivity index (χ4v) is 2.16. The number of nitrogens with two attached hydrogens (primary N) is 1. The second-order valence-electron chi connectivity index (χ2n) is 4.41. The van der Waals surface area contributed by atoms with Crippen molar-refractivity contribution in [1.29, 1.82) is 0 Å². The maximum atomic E-state index is 13.0. The van der Waals surface area contributed by atoms with Gasteiger partial charge in [0.25, 0.3) is 0 Å². The van der Waals surface area contributed by atoms with Crippen molar-refractivity contribution in [3.8, 4) is 11.5 Å². The van der Waals surface area contributed by atoms with Gasteiger partial charge >= 0.3 is 6.18 Å². The Labute approximate surface area is 128 Å². The number of ether oxygens (including phenoxy) is 1. The zero-order valence-electron chi connectivity index (χ0n) is 11.0. The maximum absolute atomic E-state index is 13.0. The molecule has 2 aromatic carbocycles. The zero-order chi connectivity index (χ0) is 15.5. The third kappa shape index (κ3) is 4.22. The molecule has 2 aromatic rings. The summed E-state index contributed by atoms with van der Waals surface area (Å²) in [4.78, 5) is 0. The van der Waals surface area contributed by atoms with Crippen molar-refractivity contribution in [2.45, 2.75) is 12.6 Å². The minimum absolute atomic E-state index is 0.144. The van der Waals surface area contributed by atoms with Gasteiger partial charge in [0.05, 0.1) is 5.56 Å². The summed E-state index contributed by atoms with van der Waals surface area (Å²) in [6.45, 7) is 0.163. The van der Waals surface area contributed by atoms with Gasteiger partial charge in [-0.15, -0.1) is 0 Å². The van der Waals surface area contributed by atoms with Crippen LogP contribution in [0.15, 0.2) is 46.9 Å². The molecule has 2 nitrogen and oxygen atoms in total. The van der Waals surface area contributed by atoms with Crippen LogP contribution in [-0.4, -0.2) is 6.54 Å². The highest BCUT2D eigenvalue weighted by Gasteiger charge is 2.33. The summed E-state index contributed by atoms with van der Waals surface area (Å²) >= 11 is 3.28. The van der Waals surface area contributed by atoms with Crippen LogP contribution < -0.4 is 10.5 Å². The van der Waals surface area contributed by atoms with Crippen molar-refractivity contribution >= 4 is 15.9 Å². The molecule has 0 aliphatic carbocycles. The van der Waals surface area contributed by atoms with Crippen LogP contribution in [0.25, 0.3) is 0 Å². The average Bonchev–Trinajstić information content (AvgIpc) is 2.42. The first-order valence-corrected chi connectivity index (χ1v) is 7.03. The highest BCUT2D eigenvalue weighted by molar-refractivity contribution is 9.10. The number of benzene rings is 2. The molecular formula is C15H13BrF3NO. The van der Waals surface area contributed by atoms with Crippen molar-refractivity contribution < 1.29 is 17.9 Å². The van der Waals surface area contributed by atoms with Crippen molar-refractivity contribution in [3.05, 3.63) is 58.1 Å². The van der Waals surface area contributed by atoms with Gasteiger partial charge in [-0.2, -0.15) is 13.2 Å². The van der Waals surface area contributed by atoms with Crippen LogP contribution in [0.5, 0.6) is 11.5 Å². The van der Waals surface area contributed by atoms with Crippen LogP contribution >= 0.6 is 15.9 Å². The smallest absolute Gasteiger partial charge is 0.416 e. The molecule has 21 heavy (non-hydrogen) atoms. The van der Waals surface area contributed by atoms with Crippen LogP contribution in [0.4, 0.5) is 13.2 Å². The lowest BCUT2D eigenvalue weighted by molar-refractivity contribution is -0.138. The summed E-state index contributed by atoms with van der Waals surface area (Å²) in [5, 5.41) is 0. The van der Waals surface area contributed by atoms with Crippen LogP contribution in [0, 0.1) is 0 Å². The van der Waals surface area contributed by atoms with E-state index in [4.69, 9.17) is 10.5 Å². The third-order valence-electron chi connectivity index (χ3n) is 2.85. The molecule has 0 amide bonds. The molecule has 0 fully saturated rings. The lowest BCUT2D eigenvalue weighted by atomic mass is 10.0. The summed E-state index contributed by atoms with van der Waals surface area (Å²) in [6.07, 6.45) is -4.25. The Kier molecular flexibility index (Phi) is 4.90. The number of alkyl halides is 3. The molecule has 0 bridgehead atoms. The number of rotatable bonds is 4. The Hall–Kier alpha value is -1.53. The average molecular weight is 360 g/mol. The normalized spacial score (nSPS) is 11.5. The van der Waals surface area contributed by atoms with Gasteiger partial charge in [-0.1, -0.05) is 22.0 Å². The Balaban J connectivity index is 2.31. The first kappa shape index (κ1) is 15.9. The fraction of sp³-hybridized carbons (Fsp3) is 0.200. The van der Waals surface area contributed by atoms with Gasteiger partial charge in [-0.3, -0.25) is 0 Å². The molecule has 0 aromatic heterocycles.